The van der Waals surface area contributed by atoms with E-state index in [2.05, 4.69) is 78.5 Å². The van der Waals surface area contributed by atoms with Crippen molar-refractivity contribution in [3.63, 3.8) is 0 Å². The zero-order chi connectivity index (χ0) is 12.7. The first kappa shape index (κ1) is 11.0. The summed E-state index contributed by atoms with van der Waals surface area (Å²) in [6.07, 6.45) is 2.09. The van der Waals surface area contributed by atoms with E-state index in [4.69, 9.17) is 0 Å². The van der Waals surface area contributed by atoms with Gasteiger partial charge >= 0.3 is 0 Å². The first-order valence-electron chi connectivity index (χ1n) is 6.21. The molecule has 0 bridgehead atoms. The van der Waals surface area contributed by atoms with Crippen LogP contribution in [0.25, 0.3) is 16.9 Å². The Morgan fingerprint density at radius 3 is 2.50 bits per heavy atom. The van der Waals surface area contributed by atoms with Gasteiger partial charge in [0.2, 0.25) is 5.69 Å². The first-order valence-corrected chi connectivity index (χ1v) is 6.21. The van der Waals surface area contributed by atoms with Crippen LogP contribution >= 0.6 is 0 Å². The Balaban J connectivity index is 2.45. The lowest BCUT2D eigenvalue weighted by atomic mass is 10.1. The van der Waals surface area contributed by atoms with Gasteiger partial charge in [0.1, 0.15) is 12.7 Å². The van der Waals surface area contributed by atoms with Crippen LogP contribution in [0.3, 0.4) is 0 Å². The van der Waals surface area contributed by atoms with Crippen LogP contribution in [0.5, 0.6) is 0 Å². The van der Waals surface area contributed by atoms with Gasteiger partial charge in [-0.1, -0.05) is 6.07 Å². The lowest BCUT2D eigenvalue weighted by Gasteiger charge is -2.10. The predicted octanol–water partition coefficient (Wildman–Crippen LogP) is 3.05. The van der Waals surface area contributed by atoms with Gasteiger partial charge in [0, 0.05) is 23.3 Å². The molecule has 0 amide bonds. The summed E-state index contributed by atoms with van der Waals surface area (Å²) in [4.78, 5) is 0. The molecule has 0 spiro atoms. The molecule has 0 saturated carbocycles. The topological polar surface area (TPSA) is 8.29 Å². The van der Waals surface area contributed by atoms with Gasteiger partial charge in [-0.05, 0) is 43.7 Å². The number of hydrogen-bond donors (Lipinski definition) is 0. The van der Waals surface area contributed by atoms with Crippen molar-refractivity contribution in [3.8, 4) is 11.4 Å². The summed E-state index contributed by atoms with van der Waals surface area (Å²) in [6.45, 7) is 4.32. The van der Waals surface area contributed by atoms with Gasteiger partial charge in [0.05, 0.1) is 0 Å². The van der Waals surface area contributed by atoms with E-state index in [-0.39, 0.29) is 0 Å². The smallest absolute Gasteiger partial charge is 0.229 e. The number of hydrogen-bond acceptors (Lipinski definition) is 0. The molecule has 0 radical (unpaired) electrons. The molecule has 90 valence electrons. The fraction of sp³-hybridized carbons (Fsp3) is 0.188. The highest BCUT2D eigenvalue weighted by Crippen LogP contribution is 2.24. The fourth-order valence-corrected chi connectivity index (χ4v) is 2.55. The van der Waals surface area contributed by atoms with Gasteiger partial charge in [-0.2, -0.15) is 4.57 Å². The summed E-state index contributed by atoms with van der Waals surface area (Å²) in [5.41, 5.74) is 6.33. The highest BCUT2D eigenvalue weighted by molar-refractivity contribution is 5.65. The van der Waals surface area contributed by atoms with Gasteiger partial charge in [0.15, 0.2) is 6.20 Å². The molecule has 0 unspecified atom stereocenters. The molecule has 2 heteroatoms. The maximum absolute atomic E-state index is 2.32. The van der Waals surface area contributed by atoms with Crippen molar-refractivity contribution in [3.05, 3.63) is 59.9 Å². The van der Waals surface area contributed by atoms with Crippen LogP contribution in [0.1, 0.15) is 11.3 Å². The van der Waals surface area contributed by atoms with Gasteiger partial charge in [-0.3, -0.25) is 0 Å². The van der Waals surface area contributed by atoms with Crippen molar-refractivity contribution in [2.75, 3.05) is 0 Å². The Labute approximate surface area is 107 Å². The molecule has 2 nitrogen and oxygen atoms in total. The third-order valence-electron chi connectivity index (χ3n) is 3.50. The molecule has 0 fully saturated rings. The summed E-state index contributed by atoms with van der Waals surface area (Å²) in [6, 6.07) is 15.0. The second kappa shape index (κ2) is 3.98. The second-order valence-corrected chi connectivity index (χ2v) is 4.80. The largest absolute Gasteiger partial charge is 0.309 e. The van der Waals surface area contributed by atoms with Crippen molar-refractivity contribution in [2.45, 2.75) is 13.8 Å². The third-order valence-corrected chi connectivity index (χ3v) is 3.50. The summed E-state index contributed by atoms with van der Waals surface area (Å²) < 4.78 is 4.49. The highest BCUT2D eigenvalue weighted by Gasteiger charge is 2.16. The van der Waals surface area contributed by atoms with Crippen LogP contribution in [0.2, 0.25) is 0 Å². The van der Waals surface area contributed by atoms with Crippen LogP contribution in [0.4, 0.5) is 0 Å². The summed E-state index contributed by atoms with van der Waals surface area (Å²) >= 11 is 0. The van der Waals surface area contributed by atoms with E-state index in [9.17, 15) is 0 Å². The van der Waals surface area contributed by atoms with Gasteiger partial charge < -0.3 is 4.40 Å². The molecule has 0 atom stereocenters. The lowest BCUT2D eigenvalue weighted by Crippen LogP contribution is -2.31. The molecule has 3 heterocycles. The Bertz CT molecular complexity index is 723. The van der Waals surface area contributed by atoms with Crippen molar-refractivity contribution in [2.24, 2.45) is 7.05 Å². The number of pyridine rings is 2. The summed E-state index contributed by atoms with van der Waals surface area (Å²) in [5.74, 6) is 0. The van der Waals surface area contributed by atoms with Gasteiger partial charge in [-0.25, -0.2) is 0 Å². The van der Waals surface area contributed by atoms with Gasteiger partial charge in [0.25, 0.3) is 0 Å². The molecule has 0 N–H and O–H groups in total. The van der Waals surface area contributed by atoms with E-state index in [1.54, 1.807) is 0 Å². The first-order chi connectivity index (χ1) is 8.68. The zero-order valence-corrected chi connectivity index (χ0v) is 11.0. The van der Waals surface area contributed by atoms with Crippen LogP contribution < -0.4 is 4.57 Å². The molecule has 0 aliphatic carbocycles. The van der Waals surface area contributed by atoms with E-state index in [1.165, 1.54) is 28.2 Å². The Hall–Kier alpha value is -2.09. The average Bonchev–Trinajstić information content (AvgIpc) is 2.73. The predicted molar refractivity (Wildman–Crippen MR) is 73.5 cm³/mol. The molecule has 18 heavy (non-hydrogen) atoms. The fourth-order valence-electron chi connectivity index (χ4n) is 2.55. The number of rotatable bonds is 1. The molecule has 0 aliphatic rings. The number of nitrogens with zero attached hydrogens (tertiary/aromatic N) is 2. The minimum atomic E-state index is 1.24. The van der Waals surface area contributed by atoms with E-state index in [0.717, 1.165) is 0 Å². The minimum absolute atomic E-state index is 1.24. The molecule has 3 rings (SSSR count). The van der Waals surface area contributed by atoms with Crippen molar-refractivity contribution in [1.29, 1.82) is 0 Å². The van der Waals surface area contributed by atoms with Crippen LogP contribution in [0.15, 0.2) is 48.7 Å². The third kappa shape index (κ3) is 1.53. The number of aryl methyl sites for hydroxylation is 3. The Kier molecular flexibility index (Phi) is 2.44. The number of aromatic nitrogens is 2. The van der Waals surface area contributed by atoms with E-state index >= 15 is 0 Å². The maximum Gasteiger partial charge on any atom is 0.229 e. The molecule has 3 aromatic heterocycles. The van der Waals surface area contributed by atoms with Crippen molar-refractivity contribution >= 4 is 5.52 Å². The summed E-state index contributed by atoms with van der Waals surface area (Å²) in [7, 11) is 2.09. The highest BCUT2D eigenvalue weighted by atomic mass is 15.0. The van der Waals surface area contributed by atoms with Gasteiger partial charge in [-0.15, -0.1) is 0 Å². The van der Waals surface area contributed by atoms with E-state index < -0.39 is 0 Å². The van der Waals surface area contributed by atoms with E-state index in [1.807, 2.05) is 0 Å². The molecular weight excluding hydrogens is 220 g/mol. The molecular formula is C16H17N2+. The Morgan fingerprint density at radius 2 is 1.72 bits per heavy atom. The second-order valence-electron chi connectivity index (χ2n) is 4.80. The maximum atomic E-state index is 2.32. The lowest BCUT2D eigenvalue weighted by molar-refractivity contribution is -0.660. The van der Waals surface area contributed by atoms with Crippen LogP contribution in [-0.2, 0) is 7.05 Å². The summed E-state index contributed by atoms with van der Waals surface area (Å²) in [5, 5.41) is 0. The minimum Gasteiger partial charge on any atom is -0.309 e. The Morgan fingerprint density at radius 1 is 0.944 bits per heavy atom. The molecule has 0 aliphatic heterocycles. The SMILES string of the molecule is Cc1ccc2ccc(C)n2c1-c1cccc[n+]1C. The van der Waals surface area contributed by atoms with Crippen LogP contribution in [-0.4, -0.2) is 4.40 Å². The molecule has 3 aromatic rings. The van der Waals surface area contributed by atoms with E-state index in [0.29, 0.717) is 0 Å². The van der Waals surface area contributed by atoms with Crippen LogP contribution in [0, 0.1) is 13.8 Å². The number of fused-ring (bicyclic) bond motifs is 1. The molecule has 0 saturated heterocycles. The quantitative estimate of drug-likeness (QED) is 0.575. The average molecular weight is 237 g/mol. The molecule has 0 aromatic carbocycles. The zero-order valence-electron chi connectivity index (χ0n) is 11.0. The standard InChI is InChI=1S/C16H17N2/c1-12-7-9-14-10-8-13(2)18(14)16(12)15-6-4-5-11-17(15)3/h4-11H,1-3H3/q+1. The van der Waals surface area contributed by atoms with Crippen molar-refractivity contribution in [1.82, 2.24) is 4.40 Å². The normalized spacial score (nSPS) is 11.1. The van der Waals surface area contributed by atoms with Crippen molar-refractivity contribution < 1.29 is 4.57 Å². The monoisotopic (exact) mass is 237 g/mol.